The molecule has 1 aliphatic heterocycles. The molecule has 2 nitrogen and oxygen atoms in total. The Bertz CT molecular complexity index is 388. The van der Waals surface area contributed by atoms with E-state index in [9.17, 15) is 0 Å². The topological polar surface area (TPSA) is 15.3 Å². The predicted octanol–water partition coefficient (Wildman–Crippen LogP) is 4.24. The van der Waals surface area contributed by atoms with Crippen LogP contribution < -0.4 is 5.32 Å². The van der Waals surface area contributed by atoms with Crippen molar-refractivity contribution in [3.63, 3.8) is 0 Å². The summed E-state index contributed by atoms with van der Waals surface area (Å²) in [5.74, 6) is 0.833. The van der Waals surface area contributed by atoms with Gasteiger partial charge in [-0.25, -0.2) is 0 Å². The lowest BCUT2D eigenvalue weighted by Crippen LogP contribution is -2.37. The van der Waals surface area contributed by atoms with Crippen LogP contribution in [0, 0.1) is 5.92 Å². The second kappa shape index (κ2) is 8.55. The third-order valence-electron chi connectivity index (χ3n) is 4.66. The highest BCUT2D eigenvalue weighted by Crippen LogP contribution is 2.20. The Balaban J connectivity index is 1.90. The summed E-state index contributed by atoms with van der Waals surface area (Å²) in [7, 11) is 0. The molecule has 0 radical (unpaired) electrons. The predicted molar refractivity (Wildman–Crippen MR) is 91.5 cm³/mol. The maximum absolute atomic E-state index is 3.72. The summed E-state index contributed by atoms with van der Waals surface area (Å²) in [6.07, 6.45) is 5.31. The monoisotopic (exact) mass is 288 g/mol. The first-order valence-electron chi connectivity index (χ1n) is 8.69. The summed E-state index contributed by atoms with van der Waals surface area (Å²) < 4.78 is 0. The average molecular weight is 288 g/mol. The van der Waals surface area contributed by atoms with E-state index >= 15 is 0 Å². The Morgan fingerprint density at radius 2 is 1.90 bits per heavy atom. The molecule has 118 valence electrons. The number of nitrogens with zero attached hydrogens (tertiary/aromatic N) is 1. The lowest BCUT2D eigenvalue weighted by molar-refractivity contribution is 0.192. The van der Waals surface area contributed by atoms with Gasteiger partial charge in [-0.3, -0.25) is 4.90 Å². The number of rotatable bonds is 6. The van der Waals surface area contributed by atoms with Crippen LogP contribution in [0.3, 0.4) is 0 Å². The van der Waals surface area contributed by atoms with E-state index in [4.69, 9.17) is 0 Å². The van der Waals surface area contributed by atoms with Crippen molar-refractivity contribution >= 4 is 0 Å². The molecule has 1 aromatic carbocycles. The number of benzene rings is 1. The Labute approximate surface area is 130 Å². The van der Waals surface area contributed by atoms with E-state index in [1.165, 1.54) is 37.8 Å². The molecule has 0 bridgehead atoms. The van der Waals surface area contributed by atoms with Crippen molar-refractivity contribution in [1.29, 1.82) is 0 Å². The van der Waals surface area contributed by atoms with E-state index in [2.05, 4.69) is 61.3 Å². The van der Waals surface area contributed by atoms with Crippen LogP contribution in [0.2, 0.25) is 0 Å². The molecule has 0 amide bonds. The van der Waals surface area contributed by atoms with E-state index in [0.29, 0.717) is 12.1 Å². The first kappa shape index (κ1) is 16.5. The minimum atomic E-state index is 0.487. The Hall–Kier alpha value is -0.860. The second-order valence-corrected chi connectivity index (χ2v) is 6.94. The van der Waals surface area contributed by atoms with E-state index in [1.54, 1.807) is 0 Å². The number of hydrogen-bond donors (Lipinski definition) is 1. The molecule has 21 heavy (non-hydrogen) atoms. The Kier molecular flexibility index (Phi) is 6.72. The van der Waals surface area contributed by atoms with E-state index in [0.717, 1.165) is 19.0 Å². The van der Waals surface area contributed by atoms with Crippen LogP contribution in [0.1, 0.15) is 58.1 Å². The first-order chi connectivity index (χ1) is 10.2. The van der Waals surface area contributed by atoms with Gasteiger partial charge in [0.2, 0.25) is 0 Å². The molecule has 0 aliphatic carbocycles. The zero-order chi connectivity index (χ0) is 15.1. The quantitative estimate of drug-likeness (QED) is 0.842. The minimum Gasteiger partial charge on any atom is -0.309 e. The first-order valence-corrected chi connectivity index (χ1v) is 8.69. The average Bonchev–Trinajstić information content (AvgIpc) is 2.73. The van der Waals surface area contributed by atoms with Crippen molar-refractivity contribution in [2.24, 2.45) is 5.92 Å². The van der Waals surface area contributed by atoms with E-state index in [1.807, 2.05) is 0 Å². The highest BCUT2D eigenvalue weighted by molar-refractivity contribution is 5.19. The third kappa shape index (κ3) is 5.44. The summed E-state index contributed by atoms with van der Waals surface area (Å²) in [5.41, 5.74) is 1.43. The normalized spacial score (nSPS) is 22.2. The largest absolute Gasteiger partial charge is 0.309 e. The van der Waals surface area contributed by atoms with Gasteiger partial charge >= 0.3 is 0 Å². The van der Waals surface area contributed by atoms with Crippen LogP contribution in [0.5, 0.6) is 0 Å². The van der Waals surface area contributed by atoms with Gasteiger partial charge in [-0.05, 0) is 44.3 Å². The van der Waals surface area contributed by atoms with Crippen molar-refractivity contribution in [2.45, 2.75) is 58.5 Å². The molecule has 1 aromatic rings. The van der Waals surface area contributed by atoms with E-state index in [-0.39, 0.29) is 0 Å². The fourth-order valence-corrected chi connectivity index (χ4v) is 3.26. The maximum Gasteiger partial charge on any atom is 0.0449 e. The molecule has 1 fully saturated rings. The summed E-state index contributed by atoms with van der Waals surface area (Å²) in [6, 6.07) is 12.1. The SMILES string of the molecule is CC(C)CCCC(C)N1CCCNC(c2ccccc2)C1. The van der Waals surface area contributed by atoms with Crippen molar-refractivity contribution in [1.82, 2.24) is 10.2 Å². The molecule has 1 saturated heterocycles. The van der Waals surface area contributed by atoms with Crippen molar-refractivity contribution in [3.8, 4) is 0 Å². The van der Waals surface area contributed by atoms with Gasteiger partial charge in [-0.2, -0.15) is 0 Å². The molecule has 1 N–H and O–H groups in total. The van der Waals surface area contributed by atoms with Gasteiger partial charge in [-0.1, -0.05) is 57.0 Å². The zero-order valence-corrected chi connectivity index (χ0v) is 14.0. The van der Waals surface area contributed by atoms with Gasteiger partial charge in [0, 0.05) is 18.6 Å². The third-order valence-corrected chi connectivity index (χ3v) is 4.66. The summed E-state index contributed by atoms with van der Waals surface area (Å²) in [4.78, 5) is 2.69. The number of hydrogen-bond acceptors (Lipinski definition) is 2. The lowest BCUT2D eigenvalue weighted by Gasteiger charge is -2.30. The summed E-state index contributed by atoms with van der Waals surface area (Å²) in [6.45, 7) is 10.6. The molecule has 1 aliphatic rings. The van der Waals surface area contributed by atoms with Crippen molar-refractivity contribution in [2.75, 3.05) is 19.6 Å². The molecule has 2 heteroatoms. The summed E-state index contributed by atoms with van der Waals surface area (Å²) >= 11 is 0. The van der Waals surface area contributed by atoms with Gasteiger partial charge in [0.05, 0.1) is 0 Å². The van der Waals surface area contributed by atoms with Crippen molar-refractivity contribution in [3.05, 3.63) is 35.9 Å². The maximum atomic E-state index is 3.72. The van der Waals surface area contributed by atoms with Crippen LogP contribution in [-0.2, 0) is 0 Å². The second-order valence-electron chi connectivity index (χ2n) is 6.94. The molecule has 1 heterocycles. The zero-order valence-electron chi connectivity index (χ0n) is 14.0. The van der Waals surface area contributed by atoms with Crippen LogP contribution in [0.15, 0.2) is 30.3 Å². The van der Waals surface area contributed by atoms with Gasteiger partial charge in [0.15, 0.2) is 0 Å². The molecule has 0 spiro atoms. The molecule has 2 unspecified atom stereocenters. The van der Waals surface area contributed by atoms with Gasteiger partial charge in [0.25, 0.3) is 0 Å². The van der Waals surface area contributed by atoms with Crippen LogP contribution in [0.4, 0.5) is 0 Å². The van der Waals surface area contributed by atoms with Gasteiger partial charge < -0.3 is 5.32 Å². The summed E-state index contributed by atoms with van der Waals surface area (Å²) in [5, 5.41) is 3.72. The number of nitrogens with one attached hydrogen (secondary N) is 1. The fourth-order valence-electron chi connectivity index (χ4n) is 3.26. The molecular formula is C19H32N2. The fraction of sp³-hybridized carbons (Fsp3) is 0.684. The van der Waals surface area contributed by atoms with E-state index < -0.39 is 0 Å². The highest BCUT2D eigenvalue weighted by atomic mass is 15.2. The molecule has 2 rings (SSSR count). The van der Waals surface area contributed by atoms with Crippen LogP contribution >= 0.6 is 0 Å². The van der Waals surface area contributed by atoms with Crippen LogP contribution in [0.25, 0.3) is 0 Å². The Morgan fingerprint density at radius 3 is 2.62 bits per heavy atom. The molecule has 0 saturated carbocycles. The smallest absolute Gasteiger partial charge is 0.0449 e. The lowest BCUT2D eigenvalue weighted by atomic mass is 10.0. The van der Waals surface area contributed by atoms with Crippen molar-refractivity contribution < 1.29 is 0 Å². The Morgan fingerprint density at radius 1 is 1.14 bits per heavy atom. The highest BCUT2D eigenvalue weighted by Gasteiger charge is 2.22. The molecular weight excluding hydrogens is 256 g/mol. The van der Waals surface area contributed by atoms with Crippen LogP contribution in [-0.4, -0.2) is 30.6 Å². The van der Waals surface area contributed by atoms with Gasteiger partial charge in [0.1, 0.15) is 0 Å². The standard InChI is InChI=1S/C19H32N2/c1-16(2)9-7-10-17(3)21-14-8-13-20-19(15-21)18-11-5-4-6-12-18/h4-6,11-12,16-17,19-20H,7-10,13-15H2,1-3H3. The minimum absolute atomic E-state index is 0.487. The molecule has 0 aromatic heterocycles. The molecule has 2 atom stereocenters. The van der Waals surface area contributed by atoms with Gasteiger partial charge in [-0.15, -0.1) is 0 Å².